The van der Waals surface area contributed by atoms with Gasteiger partial charge in [-0.2, -0.15) is 0 Å². The highest BCUT2D eigenvalue weighted by Gasteiger charge is 2.16. The number of carboxylic acid groups (broad SMARTS) is 1. The van der Waals surface area contributed by atoms with Gasteiger partial charge < -0.3 is 10.0 Å². The van der Waals surface area contributed by atoms with Crippen LogP contribution in [-0.2, 0) is 4.79 Å². The standard InChI is InChI=1S/C14H14FNO3S/c1-16(7-3-6-13(17)18)14(19)12-8-9-10(15)4-2-5-11(9)20-12/h2,4-5,8H,3,6-7H2,1H3,(H,17,18). The topological polar surface area (TPSA) is 57.6 Å². The van der Waals surface area contributed by atoms with Gasteiger partial charge in [0.1, 0.15) is 5.82 Å². The van der Waals surface area contributed by atoms with E-state index in [1.807, 2.05) is 0 Å². The number of carboxylic acids is 1. The number of amides is 1. The van der Waals surface area contributed by atoms with E-state index in [1.54, 1.807) is 25.2 Å². The van der Waals surface area contributed by atoms with Crippen LogP contribution in [0, 0.1) is 5.82 Å². The molecule has 6 heteroatoms. The highest BCUT2D eigenvalue weighted by atomic mass is 32.1. The lowest BCUT2D eigenvalue weighted by atomic mass is 10.2. The van der Waals surface area contributed by atoms with Gasteiger partial charge in [-0.3, -0.25) is 9.59 Å². The normalized spacial score (nSPS) is 10.7. The van der Waals surface area contributed by atoms with Crippen LogP contribution in [0.4, 0.5) is 4.39 Å². The Balaban J connectivity index is 2.10. The lowest BCUT2D eigenvalue weighted by molar-refractivity contribution is -0.137. The van der Waals surface area contributed by atoms with Crippen molar-refractivity contribution >= 4 is 33.3 Å². The van der Waals surface area contributed by atoms with Gasteiger partial charge in [-0.1, -0.05) is 6.07 Å². The summed E-state index contributed by atoms with van der Waals surface area (Å²) in [4.78, 5) is 24.5. The summed E-state index contributed by atoms with van der Waals surface area (Å²) >= 11 is 1.24. The number of carbonyl (C=O) groups excluding carboxylic acids is 1. The van der Waals surface area contributed by atoms with Crippen molar-refractivity contribution in [1.82, 2.24) is 4.90 Å². The van der Waals surface area contributed by atoms with Crippen molar-refractivity contribution in [1.29, 1.82) is 0 Å². The SMILES string of the molecule is CN(CCCC(=O)O)C(=O)c1cc2c(F)cccc2s1. The smallest absolute Gasteiger partial charge is 0.303 e. The summed E-state index contributed by atoms with van der Waals surface area (Å²) in [6.45, 7) is 0.363. The van der Waals surface area contributed by atoms with Gasteiger partial charge in [0, 0.05) is 30.1 Å². The van der Waals surface area contributed by atoms with Crippen molar-refractivity contribution in [3.63, 3.8) is 0 Å². The summed E-state index contributed by atoms with van der Waals surface area (Å²) in [5.41, 5.74) is 0. The van der Waals surface area contributed by atoms with E-state index >= 15 is 0 Å². The van der Waals surface area contributed by atoms with E-state index in [0.717, 1.165) is 4.70 Å². The number of aliphatic carboxylic acids is 1. The number of carbonyl (C=O) groups is 2. The molecule has 0 saturated heterocycles. The van der Waals surface area contributed by atoms with Crippen LogP contribution >= 0.6 is 11.3 Å². The van der Waals surface area contributed by atoms with Crippen LogP contribution in [0.25, 0.3) is 10.1 Å². The van der Waals surface area contributed by atoms with Gasteiger partial charge in [0.05, 0.1) is 4.88 Å². The first-order chi connectivity index (χ1) is 9.49. The molecule has 0 saturated carbocycles. The van der Waals surface area contributed by atoms with E-state index in [0.29, 0.717) is 23.2 Å². The maximum absolute atomic E-state index is 13.6. The first-order valence-corrected chi connectivity index (χ1v) is 6.96. The Labute approximate surface area is 119 Å². The molecule has 1 aromatic carbocycles. The molecule has 2 rings (SSSR count). The van der Waals surface area contributed by atoms with Crippen LogP contribution < -0.4 is 0 Å². The van der Waals surface area contributed by atoms with Gasteiger partial charge in [-0.15, -0.1) is 11.3 Å². The molecule has 0 aliphatic heterocycles. The first-order valence-electron chi connectivity index (χ1n) is 6.14. The van der Waals surface area contributed by atoms with E-state index in [4.69, 9.17) is 5.11 Å². The fourth-order valence-electron chi connectivity index (χ4n) is 1.89. The second-order valence-electron chi connectivity index (χ2n) is 4.49. The van der Waals surface area contributed by atoms with E-state index in [-0.39, 0.29) is 18.1 Å². The molecule has 0 radical (unpaired) electrons. The lowest BCUT2D eigenvalue weighted by Crippen LogP contribution is -2.27. The van der Waals surface area contributed by atoms with Gasteiger partial charge in [0.25, 0.3) is 5.91 Å². The number of hydrogen-bond donors (Lipinski definition) is 1. The zero-order valence-electron chi connectivity index (χ0n) is 10.9. The second-order valence-corrected chi connectivity index (χ2v) is 5.57. The summed E-state index contributed by atoms with van der Waals surface area (Å²) in [7, 11) is 1.62. The van der Waals surface area contributed by atoms with Crippen molar-refractivity contribution < 1.29 is 19.1 Å². The van der Waals surface area contributed by atoms with Crippen LogP contribution in [-0.4, -0.2) is 35.5 Å². The maximum Gasteiger partial charge on any atom is 0.303 e. The Morgan fingerprint density at radius 3 is 2.80 bits per heavy atom. The number of benzene rings is 1. The third-order valence-corrected chi connectivity index (χ3v) is 4.04. The number of fused-ring (bicyclic) bond motifs is 1. The average molecular weight is 295 g/mol. The van der Waals surface area contributed by atoms with E-state index in [1.165, 1.54) is 22.3 Å². The summed E-state index contributed by atoms with van der Waals surface area (Å²) in [5.74, 6) is -1.43. The molecule has 0 aliphatic carbocycles. The van der Waals surface area contributed by atoms with Crippen LogP contribution in [0.2, 0.25) is 0 Å². The quantitative estimate of drug-likeness (QED) is 0.922. The number of halogens is 1. The molecule has 0 atom stereocenters. The Bertz CT molecular complexity index is 653. The molecule has 0 fully saturated rings. The molecule has 0 unspecified atom stereocenters. The minimum atomic E-state index is -0.880. The van der Waals surface area contributed by atoms with E-state index in [2.05, 4.69) is 0 Å². The van der Waals surface area contributed by atoms with Crippen LogP contribution in [0.5, 0.6) is 0 Å². The van der Waals surface area contributed by atoms with Crippen molar-refractivity contribution in [3.05, 3.63) is 35.0 Å². The molecule has 1 heterocycles. The molecule has 1 aromatic heterocycles. The third kappa shape index (κ3) is 3.14. The van der Waals surface area contributed by atoms with Gasteiger partial charge >= 0.3 is 5.97 Å². The molecular weight excluding hydrogens is 281 g/mol. The van der Waals surface area contributed by atoms with Crippen molar-refractivity contribution in [2.45, 2.75) is 12.8 Å². The molecule has 1 amide bonds. The molecule has 20 heavy (non-hydrogen) atoms. The summed E-state index contributed by atoms with van der Waals surface area (Å²) in [5, 5.41) is 9.01. The van der Waals surface area contributed by atoms with Crippen molar-refractivity contribution in [3.8, 4) is 0 Å². The summed E-state index contributed by atoms with van der Waals surface area (Å²) < 4.78 is 14.3. The number of nitrogens with zero attached hydrogens (tertiary/aromatic N) is 1. The van der Waals surface area contributed by atoms with E-state index in [9.17, 15) is 14.0 Å². The van der Waals surface area contributed by atoms with Gasteiger partial charge in [-0.25, -0.2) is 4.39 Å². The predicted molar refractivity (Wildman–Crippen MR) is 75.6 cm³/mol. The minimum Gasteiger partial charge on any atom is -0.481 e. The molecule has 2 aromatic rings. The lowest BCUT2D eigenvalue weighted by Gasteiger charge is -2.15. The number of rotatable bonds is 5. The Hall–Kier alpha value is -1.95. The monoisotopic (exact) mass is 295 g/mol. The summed E-state index contributed by atoms with van der Waals surface area (Å²) in [6.07, 6.45) is 0.426. The molecule has 0 bridgehead atoms. The molecule has 106 valence electrons. The fraction of sp³-hybridized carbons (Fsp3) is 0.286. The maximum atomic E-state index is 13.6. The number of thiophene rings is 1. The molecule has 0 aliphatic rings. The van der Waals surface area contributed by atoms with Gasteiger partial charge in [-0.05, 0) is 24.6 Å². The zero-order chi connectivity index (χ0) is 14.7. The molecule has 4 nitrogen and oxygen atoms in total. The van der Waals surface area contributed by atoms with Crippen LogP contribution in [0.1, 0.15) is 22.5 Å². The molecule has 0 spiro atoms. The highest BCUT2D eigenvalue weighted by molar-refractivity contribution is 7.20. The van der Waals surface area contributed by atoms with Crippen molar-refractivity contribution in [2.75, 3.05) is 13.6 Å². The highest BCUT2D eigenvalue weighted by Crippen LogP contribution is 2.28. The third-order valence-electron chi connectivity index (χ3n) is 2.95. The fourth-order valence-corrected chi connectivity index (χ4v) is 2.96. The largest absolute Gasteiger partial charge is 0.481 e. The Morgan fingerprint density at radius 1 is 1.40 bits per heavy atom. The van der Waals surface area contributed by atoms with Gasteiger partial charge in [0.2, 0.25) is 0 Å². The second kappa shape index (κ2) is 6.00. The summed E-state index contributed by atoms with van der Waals surface area (Å²) in [6, 6.07) is 6.29. The Kier molecular flexibility index (Phi) is 4.34. The van der Waals surface area contributed by atoms with E-state index < -0.39 is 5.97 Å². The first kappa shape index (κ1) is 14.5. The van der Waals surface area contributed by atoms with Gasteiger partial charge in [0.15, 0.2) is 0 Å². The molecular formula is C14H14FNO3S. The minimum absolute atomic E-state index is 0.0265. The number of hydrogen-bond acceptors (Lipinski definition) is 3. The average Bonchev–Trinajstić information content (AvgIpc) is 2.82. The predicted octanol–water partition coefficient (Wildman–Crippen LogP) is 2.98. The Morgan fingerprint density at radius 2 is 2.15 bits per heavy atom. The molecule has 1 N–H and O–H groups in total. The van der Waals surface area contributed by atoms with Crippen molar-refractivity contribution in [2.24, 2.45) is 0 Å². The van der Waals surface area contributed by atoms with Crippen LogP contribution in [0.15, 0.2) is 24.3 Å². The zero-order valence-corrected chi connectivity index (χ0v) is 11.7. The van der Waals surface area contributed by atoms with Crippen LogP contribution in [0.3, 0.4) is 0 Å².